The van der Waals surface area contributed by atoms with Gasteiger partial charge in [0.05, 0.1) is 12.1 Å². The first-order chi connectivity index (χ1) is 13.1. The lowest BCUT2D eigenvalue weighted by atomic mass is 9.99. The maximum Gasteiger partial charge on any atom is 0.241 e. The molecule has 0 spiro atoms. The number of hydrogen-bond donors (Lipinski definition) is 2. The van der Waals surface area contributed by atoms with Gasteiger partial charge in [0, 0.05) is 18.3 Å². The van der Waals surface area contributed by atoms with Gasteiger partial charge in [0.2, 0.25) is 11.8 Å². The van der Waals surface area contributed by atoms with Crippen molar-refractivity contribution in [3.63, 3.8) is 0 Å². The number of carbonyl (C=O) groups excluding carboxylic acids is 2. The van der Waals surface area contributed by atoms with Crippen LogP contribution in [0.5, 0.6) is 0 Å². The molecular formula is C22H27N3O2. The molecule has 3 rings (SSSR count). The molecule has 1 saturated heterocycles. The summed E-state index contributed by atoms with van der Waals surface area (Å²) in [5.74, 6) is -0.104. The van der Waals surface area contributed by atoms with Gasteiger partial charge in [-0.3, -0.25) is 14.5 Å². The molecule has 2 N–H and O–H groups in total. The van der Waals surface area contributed by atoms with E-state index in [1.54, 1.807) is 7.05 Å². The van der Waals surface area contributed by atoms with Crippen LogP contribution in [0.4, 0.5) is 5.69 Å². The van der Waals surface area contributed by atoms with Gasteiger partial charge in [-0.15, -0.1) is 0 Å². The highest BCUT2D eigenvalue weighted by atomic mass is 16.2. The molecule has 0 aliphatic carbocycles. The van der Waals surface area contributed by atoms with E-state index in [2.05, 4.69) is 10.6 Å². The number of nitrogens with one attached hydrogen (secondary N) is 2. The maximum atomic E-state index is 13.0. The molecular weight excluding hydrogens is 338 g/mol. The van der Waals surface area contributed by atoms with Gasteiger partial charge in [0.15, 0.2) is 0 Å². The van der Waals surface area contributed by atoms with Crippen molar-refractivity contribution in [1.29, 1.82) is 0 Å². The molecule has 27 heavy (non-hydrogen) atoms. The highest BCUT2D eigenvalue weighted by Crippen LogP contribution is 2.28. The van der Waals surface area contributed by atoms with Gasteiger partial charge in [0.1, 0.15) is 0 Å². The molecule has 2 amide bonds. The Kier molecular flexibility index (Phi) is 6.24. The number of piperidine rings is 1. The summed E-state index contributed by atoms with van der Waals surface area (Å²) in [6.45, 7) is 2.63. The van der Waals surface area contributed by atoms with E-state index in [1.165, 1.54) is 0 Å². The Morgan fingerprint density at radius 1 is 1.04 bits per heavy atom. The van der Waals surface area contributed by atoms with Crippen LogP contribution >= 0.6 is 0 Å². The first-order valence-electron chi connectivity index (χ1n) is 9.54. The number of rotatable bonds is 5. The van der Waals surface area contributed by atoms with Crippen molar-refractivity contribution in [1.82, 2.24) is 10.2 Å². The minimum Gasteiger partial charge on any atom is -0.358 e. The third kappa shape index (κ3) is 4.37. The molecule has 5 nitrogen and oxygen atoms in total. The normalized spacial score (nSPS) is 18.5. The molecule has 142 valence electrons. The largest absolute Gasteiger partial charge is 0.358 e. The van der Waals surface area contributed by atoms with E-state index in [1.807, 2.05) is 66.4 Å². The third-order valence-electron chi connectivity index (χ3n) is 5.24. The van der Waals surface area contributed by atoms with Gasteiger partial charge in [0.25, 0.3) is 0 Å². The Hall–Kier alpha value is -2.66. The zero-order valence-electron chi connectivity index (χ0n) is 15.9. The van der Waals surface area contributed by atoms with Gasteiger partial charge < -0.3 is 10.6 Å². The predicted octanol–water partition coefficient (Wildman–Crippen LogP) is 3.28. The van der Waals surface area contributed by atoms with E-state index in [0.717, 1.165) is 42.6 Å². The number of hydrogen-bond acceptors (Lipinski definition) is 3. The summed E-state index contributed by atoms with van der Waals surface area (Å²) in [6, 6.07) is 17.2. The topological polar surface area (TPSA) is 61.4 Å². The fourth-order valence-electron chi connectivity index (χ4n) is 3.71. The number of likely N-dealkylation sites (N-methyl/N-ethyl adjacent to an activating group) is 1. The second kappa shape index (κ2) is 8.82. The first kappa shape index (κ1) is 19.1. The van der Waals surface area contributed by atoms with Crippen molar-refractivity contribution in [2.45, 2.75) is 38.3 Å². The summed E-state index contributed by atoms with van der Waals surface area (Å²) in [5, 5.41) is 5.80. The lowest BCUT2D eigenvalue weighted by Crippen LogP contribution is -2.55. The summed E-state index contributed by atoms with van der Waals surface area (Å²) in [5.41, 5.74) is 2.83. The third-order valence-corrected chi connectivity index (χ3v) is 5.24. The molecule has 5 heteroatoms. The van der Waals surface area contributed by atoms with Crippen LogP contribution in [-0.2, 0) is 9.59 Å². The molecule has 1 aliphatic rings. The van der Waals surface area contributed by atoms with Crippen molar-refractivity contribution >= 4 is 17.5 Å². The van der Waals surface area contributed by atoms with Gasteiger partial charge in [-0.1, -0.05) is 55.0 Å². The molecule has 0 unspecified atom stereocenters. The summed E-state index contributed by atoms with van der Waals surface area (Å²) in [4.78, 5) is 27.2. The molecule has 1 heterocycles. The fraction of sp³-hybridized carbons (Fsp3) is 0.364. The molecule has 1 aliphatic heterocycles. The Morgan fingerprint density at radius 2 is 1.74 bits per heavy atom. The Balaban J connectivity index is 1.78. The molecule has 1 fully saturated rings. The van der Waals surface area contributed by atoms with Crippen LogP contribution in [0.1, 0.15) is 26.2 Å². The van der Waals surface area contributed by atoms with Crippen LogP contribution in [0.2, 0.25) is 0 Å². The standard InChI is InChI=1S/C22H27N3O2/c1-16(25-15-9-8-14-20(25)22(27)23-2)21(26)24-19-13-7-6-12-18(19)17-10-4-3-5-11-17/h3-7,10-13,16,20H,8-9,14-15H2,1-2H3,(H,23,27)(H,24,26)/t16-,20-/m0/s1. The first-order valence-corrected chi connectivity index (χ1v) is 9.54. The Labute approximate surface area is 160 Å². The monoisotopic (exact) mass is 365 g/mol. The molecule has 0 aromatic heterocycles. The zero-order valence-corrected chi connectivity index (χ0v) is 15.9. The highest BCUT2D eigenvalue weighted by Gasteiger charge is 2.34. The number of para-hydroxylation sites is 1. The van der Waals surface area contributed by atoms with Gasteiger partial charge in [-0.2, -0.15) is 0 Å². The second-order valence-electron chi connectivity index (χ2n) is 6.94. The minimum absolute atomic E-state index is 0.0148. The number of benzene rings is 2. The van der Waals surface area contributed by atoms with E-state index in [4.69, 9.17) is 0 Å². The highest BCUT2D eigenvalue weighted by molar-refractivity contribution is 5.98. The van der Waals surface area contributed by atoms with Crippen LogP contribution in [0.3, 0.4) is 0 Å². The van der Waals surface area contributed by atoms with E-state index in [-0.39, 0.29) is 23.9 Å². The van der Waals surface area contributed by atoms with Crippen molar-refractivity contribution < 1.29 is 9.59 Å². The number of nitrogens with zero attached hydrogens (tertiary/aromatic N) is 1. The van der Waals surface area contributed by atoms with Gasteiger partial charge in [-0.25, -0.2) is 0 Å². The lowest BCUT2D eigenvalue weighted by Gasteiger charge is -2.37. The summed E-state index contributed by atoms with van der Waals surface area (Å²) < 4.78 is 0. The Morgan fingerprint density at radius 3 is 2.48 bits per heavy atom. The molecule has 2 atom stereocenters. The van der Waals surface area contributed by atoms with Crippen molar-refractivity contribution in [2.24, 2.45) is 0 Å². The summed E-state index contributed by atoms with van der Waals surface area (Å²) in [6.07, 6.45) is 2.81. The Bertz CT molecular complexity index is 791. The van der Waals surface area contributed by atoms with Crippen molar-refractivity contribution in [3.05, 3.63) is 54.6 Å². The predicted molar refractivity (Wildman–Crippen MR) is 108 cm³/mol. The molecule has 0 saturated carbocycles. The minimum atomic E-state index is -0.378. The average molecular weight is 365 g/mol. The van der Waals surface area contributed by atoms with Crippen LogP contribution in [0, 0.1) is 0 Å². The van der Waals surface area contributed by atoms with Crippen LogP contribution in [0.15, 0.2) is 54.6 Å². The lowest BCUT2D eigenvalue weighted by molar-refractivity contribution is -0.131. The fourth-order valence-corrected chi connectivity index (χ4v) is 3.71. The van der Waals surface area contributed by atoms with E-state index in [0.29, 0.717) is 0 Å². The van der Waals surface area contributed by atoms with Crippen molar-refractivity contribution in [2.75, 3.05) is 18.9 Å². The van der Waals surface area contributed by atoms with E-state index in [9.17, 15) is 9.59 Å². The second-order valence-corrected chi connectivity index (χ2v) is 6.94. The summed E-state index contributed by atoms with van der Waals surface area (Å²) in [7, 11) is 1.65. The average Bonchev–Trinajstić information content (AvgIpc) is 2.73. The maximum absolute atomic E-state index is 13.0. The number of anilines is 1. The zero-order chi connectivity index (χ0) is 19.2. The quantitative estimate of drug-likeness (QED) is 0.855. The number of carbonyl (C=O) groups is 2. The van der Waals surface area contributed by atoms with Crippen molar-refractivity contribution in [3.8, 4) is 11.1 Å². The van der Waals surface area contributed by atoms with Gasteiger partial charge >= 0.3 is 0 Å². The summed E-state index contributed by atoms with van der Waals surface area (Å²) >= 11 is 0. The van der Waals surface area contributed by atoms with Crippen LogP contribution < -0.4 is 10.6 Å². The SMILES string of the molecule is CNC(=O)[C@@H]1CCCCN1[C@@H](C)C(=O)Nc1ccccc1-c1ccccc1. The number of amides is 2. The van der Waals surface area contributed by atoms with E-state index >= 15 is 0 Å². The molecule has 0 bridgehead atoms. The van der Waals surface area contributed by atoms with Crippen LogP contribution in [-0.4, -0.2) is 42.4 Å². The molecule has 0 radical (unpaired) electrons. The van der Waals surface area contributed by atoms with Crippen LogP contribution in [0.25, 0.3) is 11.1 Å². The molecule has 2 aromatic carbocycles. The van der Waals surface area contributed by atoms with E-state index < -0.39 is 0 Å². The number of likely N-dealkylation sites (tertiary alicyclic amines) is 1. The smallest absolute Gasteiger partial charge is 0.241 e. The van der Waals surface area contributed by atoms with Gasteiger partial charge in [-0.05, 0) is 37.9 Å². The molecule has 2 aromatic rings.